The fourth-order valence-electron chi connectivity index (χ4n) is 1.93. The maximum absolute atomic E-state index is 11.8. The Morgan fingerprint density at radius 1 is 1.35 bits per heavy atom. The van der Waals surface area contributed by atoms with Crippen molar-refractivity contribution in [3.8, 4) is 0 Å². The van der Waals surface area contributed by atoms with Crippen molar-refractivity contribution in [2.24, 2.45) is 5.92 Å². The van der Waals surface area contributed by atoms with E-state index in [0.29, 0.717) is 25.9 Å². The maximum atomic E-state index is 11.8. The van der Waals surface area contributed by atoms with E-state index in [1.54, 1.807) is 11.1 Å². The number of carboxylic acid groups (broad SMARTS) is 1. The van der Waals surface area contributed by atoms with Crippen molar-refractivity contribution in [3.05, 3.63) is 12.4 Å². The first kappa shape index (κ1) is 11.6. The Kier molecular flexibility index (Phi) is 3.36. The number of hydrogen-bond acceptors (Lipinski definition) is 4. The lowest BCUT2D eigenvalue weighted by molar-refractivity contribution is -0.145. The van der Waals surface area contributed by atoms with Crippen molar-refractivity contribution >= 4 is 11.9 Å². The largest absolute Gasteiger partial charge is 0.481 e. The molecule has 1 aromatic rings. The van der Waals surface area contributed by atoms with E-state index in [1.165, 1.54) is 10.9 Å². The second-order valence-corrected chi connectivity index (χ2v) is 4.09. The molecule has 1 saturated heterocycles. The fraction of sp³-hybridized carbons (Fsp3) is 0.600. The van der Waals surface area contributed by atoms with Gasteiger partial charge in [0.1, 0.15) is 6.54 Å². The molecular weight excluding hydrogens is 224 g/mol. The van der Waals surface area contributed by atoms with E-state index in [0.717, 1.165) is 0 Å². The van der Waals surface area contributed by atoms with E-state index in [9.17, 15) is 9.59 Å². The summed E-state index contributed by atoms with van der Waals surface area (Å²) in [6, 6.07) is 0. The molecule has 2 rings (SSSR count). The Labute approximate surface area is 98.0 Å². The van der Waals surface area contributed by atoms with Crippen molar-refractivity contribution in [3.63, 3.8) is 0 Å². The molecule has 1 aromatic heterocycles. The summed E-state index contributed by atoms with van der Waals surface area (Å²) in [6.07, 6.45) is 4.20. The van der Waals surface area contributed by atoms with Gasteiger partial charge in [-0.25, -0.2) is 4.68 Å². The lowest BCUT2D eigenvalue weighted by Crippen LogP contribution is -2.41. The normalized spacial score (nSPS) is 17.1. The average molecular weight is 238 g/mol. The van der Waals surface area contributed by atoms with Crippen molar-refractivity contribution in [1.29, 1.82) is 0 Å². The van der Waals surface area contributed by atoms with Crippen LogP contribution >= 0.6 is 0 Å². The van der Waals surface area contributed by atoms with Gasteiger partial charge in [0.25, 0.3) is 0 Å². The number of aromatic nitrogens is 3. The monoisotopic (exact) mass is 238 g/mol. The van der Waals surface area contributed by atoms with Crippen LogP contribution in [0.5, 0.6) is 0 Å². The van der Waals surface area contributed by atoms with E-state index < -0.39 is 5.97 Å². The number of hydrogen-bond donors (Lipinski definition) is 1. The highest BCUT2D eigenvalue weighted by molar-refractivity contribution is 5.76. The summed E-state index contributed by atoms with van der Waals surface area (Å²) in [5.74, 6) is -1.13. The van der Waals surface area contributed by atoms with Crippen LogP contribution in [0, 0.1) is 5.92 Å². The summed E-state index contributed by atoms with van der Waals surface area (Å²) in [5.41, 5.74) is 0. The summed E-state index contributed by atoms with van der Waals surface area (Å²) in [7, 11) is 0. The van der Waals surface area contributed by atoms with Crippen LogP contribution in [0.1, 0.15) is 12.8 Å². The van der Waals surface area contributed by atoms with Gasteiger partial charge < -0.3 is 10.0 Å². The molecule has 0 radical (unpaired) electrons. The number of rotatable bonds is 3. The Morgan fingerprint density at radius 2 is 2.06 bits per heavy atom. The molecule has 1 aliphatic heterocycles. The van der Waals surface area contributed by atoms with Crippen molar-refractivity contribution in [2.45, 2.75) is 19.4 Å². The van der Waals surface area contributed by atoms with Crippen LogP contribution in [0.15, 0.2) is 12.4 Å². The highest BCUT2D eigenvalue weighted by atomic mass is 16.4. The molecule has 1 aliphatic rings. The van der Waals surface area contributed by atoms with Crippen LogP contribution in [0.4, 0.5) is 0 Å². The van der Waals surface area contributed by atoms with E-state index in [-0.39, 0.29) is 18.4 Å². The molecular formula is C10H14N4O3. The highest BCUT2D eigenvalue weighted by Gasteiger charge is 2.26. The molecule has 0 unspecified atom stereocenters. The quantitative estimate of drug-likeness (QED) is 0.774. The lowest BCUT2D eigenvalue weighted by Gasteiger charge is -2.30. The third-order valence-electron chi connectivity index (χ3n) is 2.97. The van der Waals surface area contributed by atoms with Gasteiger partial charge in [0.15, 0.2) is 0 Å². The molecule has 0 spiro atoms. The van der Waals surface area contributed by atoms with E-state index >= 15 is 0 Å². The van der Waals surface area contributed by atoms with Gasteiger partial charge in [0, 0.05) is 19.3 Å². The molecule has 7 nitrogen and oxygen atoms in total. The van der Waals surface area contributed by atoms with E-state index in [4.69, 9.17) is 5.11 Å². The van der Waals surface area contributed by atoms with Crippen LogP contribution in [0.3, 0.4) is 0 Å². The number of carbonyl (C=O) groups is 2. The molecule has 17 heavy (non-hydrogen) atoms. The summed E-state index contributed by atoms with van der Waals surface area (Å²) in [5, 5.41) is 16.2. The standard InChI is InChI=1S/C10H14N4O3/c15-9(7-14-6-3-11-12-14)13-4-1-8(2-5-13)10(16)17/h3,6,8H,1-2,4-5,7H2,(H,16,17). The van der Waals surface area contributed by atoms with Crippen molar-refractivity contribution in [2.75, 3.05) is 13.1 Å². The highest BCUT2D eigenvalue weighted by Crippen LogP contribution is 2.17. The van der Waals surface area contributed by atoms with Gasteiger partial charge in [-0.15, -0.1) is 5.10 Å². The van der Waals surface area contributed by atoms with Gasteiger partial charge in [-0.3, -0.25) is 9.59 Å². The number of aliphatic carboxylic acids is 1. The topological polar surface area (TPSA) is 88.3 Å². The number of amides is 1. The number of likely N-dealkylation sites (tertiary alicyclic amines) is 1. The number of piperidine rings is 1. The summed E-state index contributed by atoms with van der Waals surface area (Å²) in [6.45, 7) is 1.17. The van der Waals surface area contributed by atoms with Crippen LogP contribution in [-0.2, 0) is 16.1 Å². The molecule has 0 bridgehead atoms. The van der Waals surface area contributed by atoms with Crippen LogP contribution in [0.2, 0.25) is 0 Å². The van der Waals surface area contributed by atoms with Gasteiger partial charge in [-0.1, -0.05) is 5.21 Å². The lowest BCUT2D eigenvalue weighted by atomic mass is 9.97. The zero-order chi connectivity index (χ0) is 12.3. The molecule has 7 heteroatoms. The zero-order valence-corrected chi connectivity index (χ0v) is 9.32. The minimum Gasteiger partial charge on any atom is -0.481 e. The van der Waals surface area contributed by atoms with Gasteiger partial charge in [-0.05, 0) is 12.8 Å². The molecule has 0 aromatic carbocycles. The van der Waals surface area contributed by atoms with E-state index in [1.807, 2.05) is 0 Å². The second kappa shape index (κ2) is 4.94. The molecule has 2 heterocycles. The maximum Gasteiger partial charge on any atom is 0.306 e. The fourth-order valence-corrected chi connectivity index (χ4v) is 1.93. The van der Waals surface area contributed by atoms with Gasteiger partial charge in [0.05, 0.1) is 12.1 Å². The third-order valence-corrected chi connectivity index (χ3v) is 2.97. The van der Waals surface area contributed by atoms with Crippen molar-refractivity contribution in [1.82, 2.24) is 19.9 Å². The first-order chi connectivity index (χ1) is 8.16. The van der Waals surface area contributed by atoms with Gasteiger partial charge in [0.2, 0.25) is 5.91 Å². The molecule has 0 saturated carbocycles. The van der Waals surface area contributed by atoms with Gasteiger partial charge in [-0.2, -0.15) is 0 Å². The Bertz CT molecular complexity index is 396. The zero-order valence-electron chi connectivity index (χ0n) is 9.32. The molecule has 1 fully saturated rings. The summed E-state index contributed by atoms with van der Waals surface area (Å²) in [4.78, 5) is 24.3. The molecule has 92 valence electrons. The summed E-state index contributed by atoms with van der Waals surface area (Å²) < 4.78 is 1.46. The van der Waals surface area contributed by atoms with Crippen LogP contribution in [0.25, 0.3) is 0 Å². The average Bonchev–Trinajstić information content (AvgIpc) is 2.82. The molecule has 1 amide bonds. The minimum absolute atomic E-state index is 0.0423. The Balaban J connectivity index is 1.84. The number of carboxylic acids is 1. The van der Waals surface area contributed by atoms with E-state index in [2.05, 4.69) is 10.3 Å². The van der Waals surface area contributed by atoms with Gasteiger partial charge >= 0.3 is 5.97 Å². The molecule has 0 atom stereocenters. The van der Waals surface area contributed by atoms with Crippen molar-refractivity contribution < 1.29 is 14.7 Å². The third kappa shape index (κ3) is 2.80. The first-order valence-corrected chi connectivity index (χ1v) is 5.51. The predicted octanol–water partition coefficient (Wildman–Crippen LogP) is -0.399. The first-order valence-electron chi connectivity index (χ1n) is 5.51. The SMILES string of the molecule is O=C(O)C1CCN(C(=O)Cn2ccnn2)CC1. The number of carbonyl (C=O) groups excluding carboxylic acids is 1. The van der Waals surface area contributed by atoms with Crippen LogP contribution < -0.4 is 0 Å². The predicted molar refractivity (Wildman–Crippen MR) is 57.0 cm³/mol. The Morgan fingerprint density at radius 3 is 2.59 bits per heavy atom. The smallest absolute Gasteiger partial charge is 0.306 e. The molecule has 1 N–H and O–H groups in total. The Hall–Kier alpha value is -1.92. The molecule has 0 aliphatic carbocycles. The minimum atomic E-state index is -0.770. The second-order valence-electron chi connectivity index (χ2n) is 4.09. The summed E-state index contributed by atoms with van der Waals surface area (Å²) >= 11 is 0. The van der Waals surface area contributed by atoms with Crippen LogP contribution in [-0.4, -0.2) is 50.0 Å². The number of nitrogens with zero attached hydrogens (tertiary/aromatic N) is 4.